The minimum Gasteiger partial charge on any atom is -0.329 e. The SMILES string of the molecule is Cc1c(C)c(Cl)c2c(c1Cl)C(=O)N(OC(=O)C1CCC(C(C)(C)C)CC1)C2=O. The van der Waals surface area contributed by atoms with Gasteiger partial charge in [-0.2, -0.15) is 0 Å². The molecule has 152 valence electrons. The summed E-state index contributed by atoms with van der Waals surface area (Å²) in [5.74, 6) is -1.82. The molecular formula is C21H25Cl2NO4. The van der Waals surface area contributed by atoms with E-state index < -0.39 is 17.8 Å². The van der Waals surface area contributed by atoms with Crippen molar-refractivity contribution in [3.8, 4) is 0 Å². The fourth-order valence-electron chi connectivity index (χ4n) is 4.06. The van der Waals surface area contributed by atoms with Crippen LogP contribution in [0.3, 0.4) is 0 Å². The molecule has 1 aromatic carbocycles. The van der Waals surface area contributed by atoms with Gasteiger partial charge in [0, 0.05) is 0 Å². The summed E-state index contributed by atoms with van der Waals surface area (Å²) in [6.45, 7) is 10.1. The maximum absolute atomic E-state index is 12.7. The van der Waals surface area contributed by atoms with Gasteiger partial charge in [0.1, 0.15) is 0 Å². The van der Waals surface area contributed by atoms with Crippen molar-refractivity contribution in [1.29, 1.82) is 0 Å². The summed E-state index contributed by atoms with van der Waals surface area (Å²) in [6.07, 6.45) is 3.20. The van der Waals surface area contributed by atoms with Crippen molar-refractivity contribution in [1.82, 2.24) is 5.06 Å². The molecule has 1 heterocycles. The number of fused-ring (bicyclic) bond motifs is 1. The molecule has 2 aliphatic rings. The van der Waals surface area contributed by atoms with Crippen LogP contribution in [0.2, 0.25) is 10.0 Å². The molecule has 1 aliphatic carbocycles. The number of amides is 2. The lowest BCUT2D eigenvalue weighted by Gasteiger charge is -2.36. The van der Waals surface area contributed by atoms with Gasteiger partial charge in [-0.25, -0.2) is 4.79 Å². The van der Waals surface area contributed by atoms with E-state index in [0.717, 1.165) is 12.8 Å². The highest BCUT2D eigenvalue weighted by Crippen LogP contribution is 2.42. The van der Waals surface area contributed by atoms with Gasteiger partial charge in [-0.1, -0.05) is 49.0 Å². The van der Waals surface area contributed by atoms with Gasteiger partial charge in [0.15, 0.2) is 0 Å². The van der Waals surface area contributed by atoms with Crippen LogP contribution in [0.25, 0.3) is 0 Å². The zero-order chi connectivity index (χ0) is 21.0. The summed E-state index contributed by atoms with van der Waals surface area (Å²) in [4.78, 5) is 43.3. The Labute approximate surface area is 175 Å². The van der Waals surface area contributed by atoms with Gasteiger partial charge >= 0.3 is 5.97 Å². The molecule has 2 amide bonds. The molecule has 1 saturated carbocycles. The molecule has 0 bridgehead atoms. The van der Waals surface area contributed by atoms with Crippen LogP contribution in [0, 0.1) is 31.1 Å². The summed E-state index contributed by atoms with van der Waals surface area (Å²) in [7, 11) is 0. The Balaban J connectivity index is 1.77. The van der Waals surface area contributed by atoms with Crippen LogP contribution in [0.1, 0.15) is 78.3 Å². The molecule has 3 rings (SSSR count). The topological polar surface area (TPSA) is 63.7 Å². The van der Waals surface area contributed by atoms with Gasteiger partial charge < -0.3 is 4.84 Å². The molecule has 5 nitrogen and oxygen atoms in total. The first-order chi connectivity index (χ1) is 12.9. The summed E-state index contributed by atoms with van der Waals surface area (Å²) >= 11 is 12.6. The van der Waals surface area contributed by atoms with E-state index in [1.807, 2.05) is 0 Å². The predicted molar refractivity (Wildman–Crippen MR) is 107 cm³/mol. The number of nitrogens with zero attached hydrogens (tertiary/aromatic N) is 1. The summed E-state index contributed by atoms with van der Waals surface area (Å²) in [5.41, 5.74) is 1.45. The molecular weight excluding hydrogens is 401 g/mol. The smallest absolute Gasteiger partial charge is 0.329 e. The Morgan fingerprint density at radius 3 is 1.75 bits per heavy atom. The van der Waals surface area contributed by atoms with Crippen LogP contribution < -0.4 is 0 Å². The average Bonchev–Trinajstić information content (AvgIpc) is 2.88. The fourth-order valence-corrected chi connectivity index (χ4v) is 4.70. The Bertz CT molecular complexity index is 817. The summed E-state index contributed by atoms with van der Waals surface area (Å²) in [5, 5.41) is 0.846. The first-order valence-electron chi connectivity index (χ1n) is 9.53. The van der Waals surface area contributed by atoms with Crippen molar-refractivity contribution in [2.45, 2.75) is 60.3 Å². The molecule has 1 aliphatic heterocycles. The van der Waals surface area contributed by atoms with E-state index in [0.29, 0.717) is 34.9 Å². The highest BCUT2D eigenvalue weighted by molar-refractivity contribution is 6.42. The van der Waals surface area contributed by atoms with E-state index in [1.54, 1.807) is 13.8 Å². The first kappa shape index (κ1) is 21.1. The van der Waals surface area contributed by atoms with Gasteiger partial charge in [0.2, 0.25) is 0 Å². The standard InChI is InChI=1S/C21H25Cl2NO4/c1-10-11(2)17(23)15-14(16(10)22)18(25)24(19(15)26)28-20(27)12-6-8-13(9-7-12)21(3,4)5/h12-13H,6-9H2,1-5H3. The van der Waals surface area contributed by atoms with Crippen molar-refractivity contribution >= 4 is 41.0 Å². The second kappa shape index (κ2) is 7.34. The van der Waals surface area contributed by atoms with E-state index in [2.05, 4.69) is 20.8 Å². The minimum atomic E-state index is -0.744. The van der Waals surface area contributed by atoms with E-state index in [-0.39, 0.29) is 32.5 Å². The third-order valence-corrected chi connectivity index (χ3v) is 7.12. The van der Waals surface area contributed by atoms with Gasteiger partial charge in [-0.05, 0) is 62.0 Å². The zero-order valence-electron chi connectivity index (χ0n) is 16.8. The molecule has 0 N–H and O–H groups in total. The largest absolute Gasteiger partial charge is 0.336 e. The van der Waals surface area contributed by atoms with Crippen LogP contribution in [-0.2, 0) is 9.63 Å². The first-order valence-corrected chi connectivity index (χ1v) is 10.3. The zero-order valence-corrected chi connectivity index (χ0v) is 18.3. The molecule has 0 radical (unpaired) electrons. The summed E-state index contributed by atoms with van der Waals surface area (Å²) < 4.78 is 0. The number of hydroxylamine groups is 2. The van der Waals surface area contributed by atoms with E-state index in [4.69, 9.17) is 28.0 Å². The lowest BCUT2D eigenvalue weighted by atomic mass is 9.70. The van der Waals surface area contributed by atoms with E-state index in [9.17, 15) is 14.4 Å². The lowest BCUT2D eigenvalue weighted by molar-refractivity contribution is -0.175. The third-order valence-electron chi connectivity index (χ3n) is 6.17. The average molecular weight is 426 g/mol. The van der Waals surface area contributed by atoms with E-state index >= 15 is 0 Å². The predicted octanol–water partition coefficient (Wildman–Crippen LogP) is 5.52. The number of carbonyl (C=O) groups excluding carboxylic acids is 3. The van der Waals surface area contributed by atoms with Crippen LogP contribution >= 0.6 is 23.2 Å². The van der Waals surface area contributed by atoms with Gasteiger partial charge in [-0.3, -0.25) is 9.59 Å². The minimum absolute atomic E-state index is 0.00371. The molecule has 0 atom stereocenters. The molecule has 0 spiro atoms. The Kier molecular flexibility index (Phi) is 5.54. The van der Waals surface area contributed by atoms with Crippen LogP contribution in [-0.4, -0.2) is 22.8 Å². The second-order valence-electron chi connectivity index (χ2n) is 8.86. The number of hydrogen-bond donors (Lipinski definition) is 0. The highest BCUT2D eigenvalue weighted by atomic mass is 35.5. The van der Waals surface area contributed by atoms with Crippen LogP contribution in [0.4, 0.5) is 0 Å². The maximum Gasteiger partial charge on any atom is 0.336 e. The molecule has 0 aromatic heterocycles. The fraction of sp³-hybridized carbons (Fsp3) is 0.571. The maximum atomic E-state index is 12.7. The van der Waals surface area contributed by atoms with Crippen molar-refractivity contribution in [3.05, 3.63) is 32.3 Å². The van der Waals surface area contributed by atoms with Gasteiger partial charge in [0.05, 0.1) is 27.1 Å². The number of rotatable bonds is 2. The van der Waals surface area contributed by atoms with Gasteiger partial charge in [-0.15, -0.1) is 0 Å². The number of imide groups is 1. The molecule has 0 unspecified atom stereocenters. The lowest BCUT2D eigenvalue weighted by Crippen LogP contribution is -2.37. The normalized spacial score (nSPS) is 22.5. The monoisotopic (exact) mass is 425 g/mol. The van der Waals surface area contributed by atoms with Crippen molar-refractivity contribution < 1.29 is 19.2 Å². The Hall–Kier alpha value is -1.59. The summed E-state index contributed by atoms with van der Waals surface area (Å²) in [6, 6.07) is 0. The molecule has 28 heavy (non-hydrogen) atoms. The molecule has 7 heteroatoms. The van der Waals surface area contributed by atoms with Crippen molar-refractivity contribution in [2.75, 3.05) is 0 Å². The van der Waals surface area contributed by atoms with Crippen LogP contribution in [0.15, 0.2) is 0 Å². The molecule has 1 fully saturated rings. The molecule has 0 saturated heterocycles. The van der Waals surface area contributed by atoms with Gasteiger partial charge in [0.25, 0.3) is 11.8 Å². The van der Waals surface area contributed by atoms with E-state index in [1.165, 1.54) is 0 Å². The molecule has 1 aromatic rings. The van der Waals surface area contributed by atoms with Crippen molar-refractivity contribution in [3.63, 3.8) is 0 Å². The number of benzene rings is 1. The Morgan fingerprint density at radius 1 is 0.929 bits per heavy atom. The second-order valence-corrected chi connectivity index (χ2v) is 9.61. The van der Waals surface area contributed by atoms with Crippen molar-refractivity contribution in [2.24, 2.45) is 17.3 Å². The third kappa shape index (κ3) is 3.43. The van der Waals surface area contributed by atoms with Crippen LogP contribution in [0.5, 0.6) is 0 Å². The number of halogens is 2. The quantitative estimate of drug-likeness (QED) is 0.585. The number of carbonyl (C=O) groups is 3. The highest BCUT2D eigenvalue weighted by Gasteiger charge is 2.44. The number of hydrogen-bond acceptors (Lipinski definition) is 4. The Morgan fingerprint density at radius 2 is 1.36 bits per heavy atom.